The zero-order valence-corrected chi connectivity index (χ0v) is 9.07. The molecule has 1 aromatic carbocycles. The maximum atomic E-state index is 13.4. The van der Waals surface area contributed by atoms with Gasteiger partial charge in [0.05, 0.1) is 19.3 Å². The van der Waals surface area contributed by atoms with Crippen LogP contribution in [0.25, 0.3) is 0 Å². The number of ether oxygens (including phenoxy) is 2. The van der Waals surface area contributed by atoms with E-state index in [2.05, 4.69) is 4.99 Å². The molecule has 0 aliphatic carbocycles. The average Bonchev–Trinajstić information content (AvgIpc) is 2.29. The monoisotopic (exact) mass is 225 g/mol. The normalized spacial score (nSPS) is 11.4. The van der Waals surface area contributed by atoms with E-state index in [1.165, 1.54) is 19.3 Å². The predicted molar refractivity (Wildman–Crippen MR) is 56.1 cm³/mol. The summed E-state index contributed by atoms with van der Waals surface area (Å²) in [6.45, 7) is 2.25. The molecule has 1 unspecified atom stereocenters. The summed E-state index contributed by atoms with van der Waals surface area (Å²) in [5.41, 5.74) is 0.150. The molecular weight excluding hydrogens is 213 g/mol. The largest absolute Gasteiger partial charge is 0.492 e. The van der Waals surface area contributed by atoms with Crippen molar-refractivity contribution in [3.8, 4) is 11.5 Å². The molecule has 0 aliphatic rings. The van der Waals surface area contributed by atoms with E-state index in [4.69, 9.17) is 9.47 Å². The van der Waals surface area contributed by atoms with E-state index in [1.54, 1.807) is 12.1 Å². The Morgan fingerprint density at radius 2 is 2.31 bits per heavy atom. The van der Waals surface area contributed by atoms with Crippen LogP contribution in [-0.2, 0) is 4.79 Å². The van der Waals surface area contributed by atoms with Gasteiger partial charge in [-0.25, -0.2) is 9.18 Å². The lowest BCUT2D eigenvalue weighted by Gasteiger charge is -2.13. The molecule has 5 heteroatoms. The van der Waals surface area contributed by atoms with Gasteiger partial charge in [0.2, 0.25) is 12.4 Å². The Morgan fingerprint density at radius 1 is 1.56 bits per heavy atom. The van der Waals surface area contributed by atoms with Crippen LogP contribution in [0.5, 0.6) is 11.5 Å². The molecule has 1 atom stereocenters. The van der Waals surface area contributed by atoms with E-state index < -0.39 is 6.30 Å². The molecule has 1 rings (SSSR count). The highest BCUT2D eigenvalue weighted by molar-refractivity contribution is 5.48. The summed E-state index contributed by atoms with van der Waals surface area (Å²) in [4.78, 5) is 13.0. The van der Waals surface area contributed by atoms with Crippen LogP contribution in [0.15, 0.2) is 23.2 Å². The average molecular weight is 225 g/mol. The molecule has 16 heavy (non-hydrogen) atoms. The second-order valence-corrected chi connectivity index (χ2v) is 2.87. The number of para-hydroxylation sites is 1. The Bertz CT molecular complexity index is 402. The van der Waals surface area contributed by atoms with Crippen LogP contribution >= 0.6 is 0 Å². The summed E-state index contributed by atoms with van der Waals surface area (Å²) in [5.74, 6) is 0.669. The maximum absolute atomic E-state index is 13.4. The topological polar surface area (TPSA) is 47.9 Å². The van der Waals surface area contributed by atoms with Crippen molar-refractivity contribution in [3.63, 3.8) is 0 Å². The van der Waals surface area contributed by atoms with E-state index in [0.29, 0.717) is 12.4 Å². The smallest absolute Gasteiger partial charge is 0.238 e. The molecule has 86 valence electrons. The van der Waals surface area contributed by atoms with E-state index in [0.717, 1.165) is 0 Å². The first-order valence-electron chi connectivity index (χ1n) is 4.75. The molecule has 1 aromatic rings. The van der Waals surface area contributed by atoms with Gasteiger partial charge in [-0.1, -0.05) is 12.1 Å². The highest BCUT2D eigenvalue weighted by atomic mass is 19.1. The molecule has 0 fully saturated rings. The third-order valence-corrected chi connectivity index (χ3v) is 1.94. The minimum Gasteiger partial charge on any atom is -0.492 e. The third kappa shape index (κ3) is 2.58. The Kier molecular flexibility index (Phi) is 4.48. The van der Waals surface area contributed by atoms with Crippen molar-refractivity contribution in [1.29, 1.82) is 0 Å². The molecule has 0 amide bonds. The van der Waals surface area contributed by atoms with Gasteiger partial charge in [-0.3, -0.25) is 0 Å². The van der Waals surface area contributed by atoms with Crippen molar-refractivity contribution >= 4 is 6.08 Å². The molecule has 0 bridgehead atoms. The highest BCUT2D eigenvalue weighted by Crippen LogP contribution is 2.36. The minimum absolute atomic E-state index is 0.150. The van der Waals surface area contributed by atoms with Gasteiger partial charge in [0, 0.05) is 0 Å². The molecule has 0 saturated heterocycles. The second-order valence-electron chi connectivity index (χ2n) is 2.87. The summed E-state index contributed by atoms with van der Waals surface area (Å²) >= 11 is 0. The Morgan fingerprint density at radius 3 is 2.88 bits per heavy atom. The molecule has 0 saturated carbocycles. The number of alkyl halides is 1. The number of nitrogens with zero attached hydrogens (tertiary/aromatic N) is 1. The summed E-state index contributed by atoms with van der Waals surface area (Å²) < 4.78 is 23.7. The maximum Gasteiger partial charge on any atom is 0.238 e. The molecule has 0 heterocycles. The second kappa shape index (κ2) is 5.88. The number of halogens is 1. The van der Waals surface area contributed by atoms with Crippen molar-refractivity contribution in [3.05, 3.63) is 23.8 Å². The van der Waals surface area contributed by atoms with Gasteiger partial charge in [-0.15, -0.1) is 0 Å². The Balaban J connectivity index is 3.17. The summed E-state index contributed by atoms with van der Waals surface area (Å²) in [5, 5.41) is 0. The van der Waals surface area contributed by atoms with Crippen LogP contribution < -0.4 is 9.47 Å². The fraction of sp³-hybridized carbons (Fsp3) is 0.364. The standard InChI is InChI=1S/C11H12FNO3/c1-3-16-9-6-4-5-8(10(9)15-2)11(12)13-7-14/h4-6,11H,3H2,1-2H3. The van der Waals surface area contributed by atoms with Gasteiger partial charge in [0.1, 0.15) is 0 Å². The number of methoxy groups -OCH3 is 1. The van der Waals surface area contributed by atoms with E-state index in [-0.39, 0.29) is 11.3 Å². The van der Waals surface area contributed by atoms with Gasteiger partial charge < -0.3 is 9.47 Å². The number of aliphatic imine (C=N–C) groups is 1. The Hall–Kier alpha value is -1.87. The molecular formula is C11H12FNO3. The lowest BCUT2D eigenvalue weighted by molar-refractivity contribution is 0.295. The molecule has 0 radical (unpaired) electrons. The van der Waals surface area contributed by atoms with Crippen LogP contribution in [0.2, 0.25) is 0 Å². The van der Waals surface area contributed by atoms with Crippen molar-refractivity contribution < 1.29 is 18.7 Å². The molecule has 0 spiro atoms. The fourth-order valence-electron chi connectivity index (χ4n) is 1.32. The van der Waals surface area contributed by atoms with Crippen molar-refractivity contribution in [2.75, 3.05) is 13.7 Å². The van der Waals surface area contributed by atoms with Crippen LogP contribution in [0.1, 0.15) is 18.8 Å². The summed E-state index contributed by atoms with van der Waals surface area (Å²) in [6.07, 6.45) is -0.612. The molecule has 0 aromatic heterocycles. The van der Waals surface area contributed by atoms with Crippen molar-refractivity contribution in [2.45, 2.75) is 13.2 Å². The molecule has 0 aliphatic heterocycles. The van der Waals surface area contributed by atoms with Crippen LogP contribution in [-0.4, -0.2) is 19.8 Å². The number of carbonyl (C=O) groups excluding carboxylic acids is 1. The van der Waals surface area contributed by atoms with E-state index in [9.17, 15) is 9.18 Å². The molecule has 4 nitrogen and oxygen atoms in total. The predicted octanol–water partition coefficient (Wildman–Crippen LogP) is 2.40. The highest BCUT2D eigenvalue weighted by Gasteiger charge is 2.17. The first-order valence-corrected chi connectivity index (χ1v) is 4.75. The number of hydrogen-bond donors (Lipinski definition) is 0. The van der Waals surface area contributed by atoms with Gasteiger partial charge in [-0.2, -0.15) is 4.99 Å². The molecule has 0 N–H and O–H groups in total. The SMILES string of the molecule is CCOc1cccc(C(F)N=C=O)c1OC. The van der Waals surface area contributed by atoms with Crippen molar-refractivity contribution in [2.24, 2.45) is 4.99 Å². The van der Waals surface area contributed by atoms with Crippen LogP contribution in [0.3, 0.4) is 0 Å². The van der Waals surface area contributed by atoms with Crippen LogP contribution in [0, 0.1) is 0 Å². The summed E-state index contributed by atoms with van der Waals surface area (Å²) in [7, 11) is 1.40. The quantitative estimate of drug-likeness (QED) is 0.439. The van der Waals surface area contributed by atoms with Crippen molar-refractivity contribution in [1.82, 2.24) is 0 Å². The third-order valence-electron chi connectivity index (χ3n) is 1.94. The minimum atomic E-state index is -1.78. The van der Waals surface area contributed by atoms with Gasteiger partial charge in [-0.05, 0) is 13.0 Å². The first kappa shape index (κ1) is 12.2. The first-order chi connectivity index (χ1) is 7.74. The lowest BCUT2D eigenvalue weighted by atomic mass is 10.1. The number of isocyanates is 1. The van der Waals surface area contributed by atoms with E-state index >= 15 is 0 Å². The zero-order valence-electron chi connectivity index (χ0n) is 9.07. The number of hydrogen-bond acceptors (Lipinski definition) is 4. The van der Waals surface area contributed by atoms with Crippen LogP contribution in [0.4, 0.5) is 4.39 Å². The lowest BCUT2D eigenvalue weighted by Crippen LogP contribution is -1.99. The number of rotatable bonds is 5. The van der Waals surface area contributed by atoms with Gasteiger partial charge >= 0.3 is 0 Å². The summed E-state index contributed by atoms with van der Waals surface area (Å²) in [6, 6.07) is 4.74. The zero-order chi connectivity index (χ0) is 12.0. The number of benzene rings is 1. The fourth-order valence-corrected chi connectivity index (χ4v) is 1.32. The van der Waals surface area contributed by atoms with E-state index in [1.807, 2.05) is 6.92 Å². The Labute approximate surface area is 92.7 Å². The van der Waals surface area contributed by atoms with Gasteiger partial charge in [0.25, 0.3) is 0 Å². The van der Waals surface area contributed by atoms with Gasteiger partial charge in [0.15, 0.2) is 11.5 Å².